The first-order valence-electron chi connectivity index (χ1n) is 7.35. The predicted octanol–water partition coefficient (Wildman–Crippen LogP) is 4.82. The van der Waals surface area contributed by atoms with Crippen LogP contribution in [0.4, 0.5) is 23.4 Å². The molecule has 3 heterocycles. The Kier molecular flexibility index (Phi) is 2.81. The maximum atomic E-state index is 13.7. The molecule has 3 nitrogen and oxygen atoms in total. The van der Waals surface area contributed by atoms with E-state index in [4.69, 9.17) is 0 Å². The van der Waals surface area contributed by atoms with Crippen LogP contribution in [0.1, 0.15) is 25.0 Å². The molecule has 0 saturated heterocycles. The average molecular weight is 335 g/mol. The third-order valence-electron chi connectivity index (χ3n) is 4.29. The van der Waals surface area contributed by atoms with Gasteiger partial charge in [-0.25, -0.2) is 9.37 Å². The molecule has 0 unspecified atom stereocenters. The Morgan fingerprint density at radius 2 is 1.88 bits per heavy atom. The van der Waals surface area contributed by atoms with Crippen molar-refractivity contribution in [3.05, 3.63) is 53.5 Å². The van der Waals surface area contributed by atoms with Gasteiger partial charge in [0.05, 0.1) is 11.1 Å². The Hall–Kier alpha value is -2.57. The van der Waals surface area contributed by atoms with Gasteiger partial charge in [-0.15, -0.1) is 0 Å². The van der Waals surface area contributed by atoms with Gasteiger partial charge in [-0.1, -0.05) is 6.07 Å². The smallest absolute Gasteiger partial charge is 0.360 e. The molecular formula is C17H13F4N3. The lowest BCUT2D eigenvalue weighted by molar-refractivity contribution is -0.137. The summed E-state index contributed by atoms with van der Waals surface area (Å²) in [6.07, 6.45) is -3.44. The van der Waals surface area contributed by atoms with Crippen molar-refractivity contribution in [3.8, 4) is 11.3 Å². The number of halogens is 4. The van der Waals surface area contributed by atoms with Gasteiger partial charge in [0.2, 0.25) is 0 Å². The highest BCUT2D eigenvalue weighted by molar-refractivity contribution is 5.83. The summed E-state index contributed by atoms with van der Waals surface area (Å²) in [5.41, 5.74) is 0.915. The lowest BCUT2D eigenvalue weighted by atomic mass is 9.85. The molecule has 0 spiro atoms. The molecule has 3 aromatic rings. The minimum atomic E-state index is -4.44. The third-order valence-corrected chi connectivity index (χ3v) is 4.29. The van der Waals surface area contributed by atoms with E-state index in [2.05, 4.69) is 10.3 Å². The van der Waals surface area contributed by atoms with Crippen LogP contribution in [0.15, 0.2) is 36.5 Å². The zero-order valence-corrected chi connectivity index (χ0v) is 12.9. The van der Waals surface area contributed by atoms with E-state index in [1.807, 2.05) is 13.8 Å². The number of nitrogens with one attached hydrogen (secondary N) is 1. The van der Waals surface area contributed by atoms with Crippen LogP contribution in [0.2, 0.25) is 0 Å². The molecular weight excluding hydrogens is 322 g/mol. The summed E-state index contributed by atoms with van der Waals surface area (Å²) in [6, 6.07) is 6.71. The first-order valence-corrected chi connectivity index (χ1v) is 7.35. The molecule has 0 radical (unpaired) electrons. The SMILES string of the molecule is CC1(C)Nc2c(nc3ccc(C(F)(F)F)cn23)-c2cc(F)ccc21. The van der Waals surface area contributed by atoms with Crippen LogP contribution in [-0.2, 0) is 11.7 Å². The Morgan fingerprint density at radius 3 is 2.58 bits per heavy atom. The standard InChI is InChI=1S/C17H13F4N3/c1-16(2)12-5-4-10(18)7-11(12)14-15(23-16)24-8-9(17(19,20)21)3-6-13(24)22-14/h3-8,23H,1-2H3. The number of alkyl halides is 3. The second-order valence-corrected chi connectivity index (χ2v) is 6.39. The van der Waals surface area contributed by atoms with Crippen molar-refractivity contribution in [2.45, 2.75) is 25.6 Å². The number of aromatic nitrogens is 2. The van der Waals surface area contributed by atoms with Gasteiger partial charge in [0.25, 0.3) is 0 Å². The Morgan fingerprint density at radius 1 is 1.12 bits per heavy atom. The minimum absolute atomic E-state index is 0.369. The highest BCUT2D eigenvalue weighted by Gasteiger charge is 2.35. The van der Waals surface area contributed by atoms with Gasteiger partial charge in [0, 0.05) is 11.8 Å². The molecule has 0 aliphatic carbocycles. The molecule has 0 fully saturated rings. The Bertz CT molecular complexity index is 970. The zero-order valence-electron chi connectivity index (χ0n) is 12.9. The van der Waals surface area contributed by atoms with E-state index in [0.717, 1.165) is 17.8 Å². The Labute approximate surface area is 134 Å². The monoisotopic (exact) mass is 335 g/mol. The van der Waals surface area contributed by atoms with E-state index in [0.29, 0.717) is 22.7 Å². The molecule has 4 rings (SSSR count). The lowest BCUT2D eigenvalue weighted by Gasteiger charge is -2.34. The number of benzene rings is 1. The summed E-state index contributed by atoms with van der Waals surface area (Å²) in [7, 11) is 0. The number of rotatable bonds is 0. The summed E-state index contributed by atoms with van der Waals surface area (Å²) < 4.78 is 54.1. The molecule has 1 aromatic carbocycles. The van der Waals surface area contributed by atoms with Crippen LogP contribution in [0, 0.1) is 5.82 Å². The van der Waals surface area contributed by atoms with Crippen LogP contribution < -0.4 is 5.32 Å². The van der Waals surface area contributed by atoms with E-state index in [-0.39, 0.29) is 0 Å². The summed E-state index contributed by atoms with van der Waals surface area (Å²) in [6.45, 7) is 3.78. The fourth-order valence-corrected chi connectivity index (χ4v) is 3.14. The van der Waals surface area contributed by atoms with E-state index in [1.165, 1.54) is 22.6 Å². The molecule has 1 aliphatic heterocycles. The molecule has 1 aliphatic rings. The molecule has 7 heteroatoms. The topological polar surface area (TPSA) is 29.3 Å². The number of pyridine rings is 1. The largest absolute Gasteiger partial charge is 0.417 e. The van der Waals surface area contributed by atoms with Crippen LogP contribution in [0.5, 0.6) is 0 Å². The average Bonchev–Trinajstić information content (AvgIpc) is 2.83. The van der Waals surface area contributed by atoms with Crippen molar-refractivity contribution in [1.29, 1.82) is 0 Å². The van der Waals surface area contributed by atoms with Crippen LogP contribution >= 0.6 is 0 Å². The summed E-state index contributed by atoms with van der Waals surface area (Å²) in [4.78, 5) is 4.39. The number of nitrogens with zero attached hydrogens (tertiary/aromatic N) is 2. The second kappa shape index (κ2) is 4.49. The first-order chi connectivity index (χ1) is 11.2. The van der Waals surface area contributed by atoms with Gasteiger partial charge < -0.3 is 5.32 Å². The number of imidazole rings is 1. The fraction of sp³-hybridized carbons (Fsp3) is 0.235. The molecule has 0 atom stereocenters. The molecule has 124 valence electrons. The summed E-state index contributed by atoms with van der Waals surface area (Å²) >= 11 is 0. The van der Waals surface area contributed by atoms with Crippen molar-refractivity contribution in [2.24, 2.45) is 0 Å². The van der Waals surface area contributed by atoms with Gasteiger partial charge in [-0.3, -0.25) is 4.40 Å². The minimum Gasteiger partial charge on any atom is -0.360 e. The third kappa shape index (κ3) is 2.07. The van der Waals surface area contributed by atoms with Gasteiger partial charge >= 0.3 is 6.18 Å². The number of hydrogen-bond acceptors (Lipinski definition) is 2. The highest BCUT2D eigenvalue weighted by Crippen LogP contribution is 2.44. The molecule has 24 heavy (non-hydrogen) atoms. The maximum absolute atomic E-state index is 13.7. The van der Waals surface area contributed by atoms with Crippen molar-refractivity contribution in [1.82, 2.24) is 9.38 Å². The molecule has 1 N–H and O–H groups in total. The fourth-order valence-electron chi connectivity index (χ4n) is 3.14. The number of fused-ring (bicyclic) bond motifs is 5. The Balaban J connectivity index is 2.03. The van der Waals surface area contributed by atoms with Crippen LogP contribution in [0.25, 0.3) is 16.9 Å². The van der Waals surface area contributed by atoms with E-state index < -0.39 is 23.1 Å². The zero-order chi connectivity index (χ0) is 17.3. The summed E-state index contributed by atoms with van der Waals surface area (Å²) in [5.74, 6) is 0.0182. The maximum Gasteiger partial charge on any atom is 0.417 e. The molecule has 0 bridgehead atoms. The van der Waals surface area contributed by atoms with Gasteiger partial charge in [-0.2, -0.15) is 13.2 Å². The van der Waals surface area contributed by atoms with Crippen molar-refractivity contribution < 1.29 is 17.6 Å². The van der Waals surface area contributed by atoms with Crippen molar-refractivity contribution in [3.63, 3.8) is 0 Å². The number of hydrogen-bond donors (Lipinski definition) is 1. The van der Waals surface area contributed by atoms with Crippen LogP contribution in [0.3, 0.4) is 0 Å². The number of anilines is 1. The van der Waals surface area contributed by atoms with Gasteiger partial charge in [0.1, 0.15) is 23.0 Å². The predicted molar refractivity (Wildman–Crippen MR) is 82.2 cm³/mol. The highest BCUT2D eigenvalue weighted by atomic mass is 19.4. The van der Waals surface area contributed by atoms with E-state index in [9.17, 15) is 17.6 Å². The second-order valence-electron chi connectivity index (χ2n) is 6.39. The molecule has 2 aromatic heterocycles. The van der Waals surface area contributed by atoms with E-state index in [1.54, 1.807) is 6.07 Å². The normalized spacial score (nSPS) is 15.8. The quantitative estimate of drug-likeness (QED) is 0.597. The lowest BCUT2D eigenvalue weighted by Crippen LogP contribution is -2.32. The summed E-state index contributed by atoms with van der Waals surface area (Å²) in [5, 5.41) is 3.22. The van der Waals surface area contributed by atoms with Crippen molar-refractivity contribution in [2.75, 3.05) is 5.32 Å². The van der Waals surface area contributed by atoms with E-state index >= 15 is 0 Å². The van der Waals surface area contributed by atoms with Gasteiger partial charge in [0.15, 0.2) is 0 Å². The van der Waals surface area contributed by atoms with Crippen molar-refractivity contribution >= 4 is 11.5 Å². The first kappa shape index (κ1) is 15.0. The van der Waals surface area contributed by atoms with Gasteiger partial charge in [-0.05, 0) is 43.7 Å². The van der Waals surface area contributed by atoms with Crippen LogP contribution in [-0.4, -0.2) is 9.38 Å². The molecule has 0 amide bonds. The molecule has 0 saturated carbocycles.